The molecule has 0 spiro atoms. The molecule has 4 rings (SSSR count). The van der Waals surface area contributed by atoms with Crippen LogP contribution in [0.3, 0.4) is 0 Å². The maximum atomic E-state index is 12.0. The van der Waals surface area contributed by atoms with Crippen molar-refractivity contribution in [3.05, 3.63) is 33.6 Å². The number of nitrogens with one attached hydrogen (secondary N) is 1. The molecule has 0 bridgehead atoms. The molecule has 0 saturated heterocycles. The van der Waals surface area contributed by atoms with E-state index >= 15 is 0 Å². The fourth-order valence-electron chi connectivity index (χ4n) is 2.19. The monoisotopic (exact) mass is 388 g/mol. The number of rotatable bonds is 4. The molecule has 10 heteroatoms. The van der Waals surface area contributed by atoms with Crippen LogP contribution in [-0.4, -0.2) is 28.3 Å². The average Bonchev–Trinajstić information content (AvgIpc) is 3.18. The summed E-state index contributed by atoms with van der Waals surface area (Å²) < 4.78 is 28.0. The number of hydrogen-bond donors (Lipinski definition) is 1. The minimum atomic E-state index is -3.39. The Hall–Kier alpha value is -1.35. The summed E-state index contributed by atoms with van der Waals surface area (Å²) in [7, 11) is -3.39. The second-order valence-corrected chi connectivity index (χ2v) is 8.86. The Morgan fingerprint density at radius 2 is 2.09 bits per heavy atom. The number of thiazole rings is 1. The zero-order valence-electron chi connectivity index (χ0n) is 11.5. The summed E-state index contributed by atoms with van der Waals surface area (Å²) in [6, 6.07) is 5.14. The summed E-state index contributed by atoms with van der Waals surface area (Å²) in [5, 5.41) is 6.85. The van der Waals surface area contributed by atoms with Crippen LogP contribution in [-0.2, 0) is 10.0 Å². The molecule has 120 valence electrons. The van der Waals surface area contributed by atoms with Crippen LogP contribution in [0.2, 0.25) is 10.0 Å². The van der Waals surface area contributed by atoms with Crippen LogP contribution in [0.25, 0.3) is 16.2 Å². The van der Waals surface area contributed by atoms with Gasteiger partial charge in [0.2, 0.25) is 15.0 Å². The highest BCUT2D eigenvalue weighted by Gasteiger charge is 2.36. The molecule has 1 aromatic carbocycles. The highest BCUT2D eigenvalue weighted by molar-refractivity contribution is 7.93. The van der Waals surface area contributed by atoms with Crippen molar-refractivity contribution >= 4 is 55.5 Å². The number of sulfonamides is 1. The average molecular weight is 389 g/mol. The fraction of sp³-hybridized carbons (Fsp3) is 0.231. The summed E-state index contributed by atoms with van der Waals surface area (Å²) >= 11 is 13.6. The molecule has 2 aromatic heterocycles. The molecule has 23 heavy (non-hydrogen) atoms. The number of halogens is 2. The Labute approximate surface area is 146 Å². The summed E-state index contributed by atoms with van der Waals surface area (Å²) in [6.07, 6.45) is 1.36. The molecule has 3 aromatic rings. The fourth-order valence-corrected chi connectivity index (χ4v) is 4.67. The van der Waals surface area contributed by atoms with Crippen LogP contribution >= 0.6 is 34.5 Å². The standard InChI is InChI=1S/C13H10Cl2N4O2S2/c14-7-1-4-10(15)9(5-7)11-6-22-13-16-12(17-19(11)13)18-23(20,21)8-2-3-8/h1,4-6,8H,2-3H2,(H,17,18). The normalized spacial score (nSPS) is 15.2. The number of nitrogens with zero attached hydrogens (tertiary/aromatic N) is 3. The molecular weight excluding hydrogens is 379 g/mol. The van der Waals surface area contributed by atoms with Crippen molar-refractivity contribution in [1.29, 1.82) is 0 Å². The first-order chi connectivity index (χ1) is 10.9. The van der Waals surface area contributed by atoms with Gasteiger partial charge in [-0.1, -0.05) is 23.2 Å². The zero-order valence-corrected chi connectivity index (χ0v) is 14.7. The Kier molecular flexibility index (Phi) is 3.53. The number of anilines is 1. The summed E-state index contributed by atoms with van der Waals surface area (Å²) in [4.78, 5) is 4.78. The second kappa shape index (κ2) is 5.34. The molecule has 0 amide bonds. The molecule has 0 aliphatic heterocycles. The van der Waals surface area contributed by atoms with Gasteiger partial charge in [-0.2, -0.15) is 4.98 Å². The van der Waals surface area contributed by atoms with E-state index in [1.807, 2.05) is 5.38 Å². The molecule has 1 aliphatic rings. The van der Waals surface area contributed by atoms with E-state index in [0.29, 0.717) is 39.1 Å². The van der Waals surface area contributed by atoms with E-state index in [2.05, 4.69) is 14.8 Å². The smallest absolute Gasteiger partial charge is 0.250 e. The van der Waals surface area contributed by atoms with Crippen molar-refractivity contribution in [1.82, 2.24) is 14.6 Å². The lowest BCUT2D eigenvalue weighted by Crippen LogP contribution is -2.18. The number of hydrogen-bond acceptors (Lipinski definition) is 5. The lowest BCUT2D eigenvalue weighted by molar-refractivity contribution is 0.599. The molecule has 1 N–H and O–H groups in total. The zero-order chi connectivity index (χ0) is 16.2. The molecule has 0 radical (unpaired) electrons. The largest absolute Gasteiger partial charge is 0.257 e. The molecule has 0 atom stereocenters. The van der Waals surface area contributed by atoms with Crippen LogP contribution in [0.1, 0.15) is 12.8 Å². The molecular formula is C13H10Cl2N4O2S2. The number of benzene rings is 1. The van der Waals surface area contributed by atoms with Crippen LogP contribution < -0.4 is 4.72 Å². The van der Waals surface area contributed by atoms with E-state index in [9.17, 15) is 8.42 Å². The van der Waals surface area contributed by atoms with E-state index in [4.69, 9.17) is 23.2 Å². The van der Waals surface area contributed by atoms with Gasteiger partial charge in [0, 0.05) is 16.0 Å². The first kappa shape index (κ1) is 15.2. The molecule has 1 saturated carbocycles. The highest BCUT2D eigenvalue weighted by Crippen LogP contribution is 2.34. The predicted octanol–water partition coefficient (Wildman–Crippen LogP) is 3.67. The van der Waals surface area contributed by atoms with Crippen LogP contribution in [0.5, 0.6) is 0 Å². The third-order valence-electron chi connectivity index (χ3n) is 3.48. The van der Waals surface area contributed by atoms with Crippen molar-refractivity contribution in [3.8, 4) is 11.3 Å². The Bertz CT molecular complexity index is 1010. The molecule has 6 nitrogen and oxygen atoms in total. The molecule has 2 heterocycles. The minimum Gasteiger partial charge on any atom is -0.250 e. The Balaban J connectivity index is 1.76. The highest BCUT2D eigenvalue weighted by atomic mass is 35.5. The first-order valence-electron chi connectivity index (χ1n) is 6.75. The van der Waals surface area contributed by atoms with E-state index in [0.717, 1.165) is 0 Å². The summed E-state index contributed by atoms with van der Waals surface area (Å²) in [6.45, 7) is 0. The van der Waals surface area contributed by atoms with Crippen molar-refractivity contribution in [2.24, 2.45) is 0 Å². The van der Waals surface area contributed by atoms with Gasteiger partial charge in [0.25, 0.3) is 5.95 Å². The van der Waals surface area contributed by atoms with Crippen molar-refractivity contribution < 1.29 is 8.42 Å². The third kappa shape index (κ3) is 2.80. The first-order valence-corrected chi connectivity index (χ1v) is 9.93. The molecule has 0 unspecified atom stereocenters. The Morgan fingerprint density at radius 1 is 1.30 bits per heavy atom. The van der Waals surface area contributed by atoms with Gasteiger partial charge in [-0.25, -0.2) is 17.7 Å². The van der Waals surface area contributed by atoms with Crippen molar-refractivity contribution in [2.75, 3.05) is 4.72 Å². The Morgan fingerprint density at radius 3 is 2.83 bits per heavy atom. The van der Waals surface area contributed by atoms with Crippen molar-refractivity contribution in [3.63, 3.8) is 0 Å². The van der Waals surface area contributed by atoms with E-state index < -0.39 is 10.0 Å². The lowest BCUT2D eigenvalue weighted by Gasteiger charge is -2.03. The van der Waals surface area contributed by atoms with E-state index in [1.54, 1.807) is 22.7 Å². The quantitative estimate of drug-likeness (QED) is 0.739. The van der Waals surface area contributed by atoms with Gasteiger partial charge in [0.1, 0.15) is 0 Å². The predicted molar refractivity (Wildman–Crippen MR) is 91.9 cm³/mol. The second-order valence-electron chi connectivity index (χ2n) is 5.22. The van der Waals surface area contributed by atoms with E-state index in [1.165, 1.54) is 11.3 Å². The van der Waals surface area contributed by atoms with Gasteiger partial charge in [0.15, 0.2) is 0 Å². The van der Waals surface area contributed by atoms with Gasteiger partial charge >= 0.3 is 0 Å². The van der Waals surface area contributed by atoms with Gasteiger partial charge < -0.3 is 0 Å². The lowest BCUT2D eigenvalue weighted by atomic mass is 10.2. The van der Waals surface area contributed by atoms with Gasteiger partial charge in [0.05, 0.1) is 16.0 Å². The van der Waals surface area contributed by atoms with Crippen molar-refractivity contribution in [2.45, 2.75) is 18.1 Å². The number of aromatic nitrogens is 3. The number of fused-ring (bicyclic) bond motifs is 1. The maximum absolute atomic E-state index is 12.0. The van der Waals surface area contributed by atoms with E-state index in [-0.39, 0.29) is 11.2 Å². The maximum Gasteiger partial charge on any atom is 0.257 e. The third-order valence-corrected chi connectivity index (χ3v) is 6.68. The van der Waals surface area contributed by atoms with Crippen LogP contribution in [0.15, 0.2) is 23.6 Å². The van der Waals surface area contributed by atoms with Gasteiger partial charge in [-0.3, -0.25) is 0 Å². The molecule has 1 aliphatic carbocycles. The topological polar surface area (TPSA) is 76.4 Å². The minimum absolute atomic E-state index is 0.0724. The van der Waals surface area contributed by atoms with Crippen LogP contribution in [0, 0.1) is 0 Å². The molecule has 1 fully saturated rings. The van der Waals surface area contributed by atoms with Gasteiger partial charge in [-0.15, -0.1) is 16.4 Å². The van der Waals surface area contributed by atoms with Crippen LogP contribution in [0.4, 0.5) is 5.95 Å². The summed E-state index contributed by atoms with van der Waals surface area (Å²) in [5.74, 6) is 0.0724. The SMILES string of the molecule is O=S(=O)(Nc1nc2scc(-c3cc(Cl)ccc3Cl)n2n1)C1CC1. The summed E-state index contributed by atoms with van der Waals surface area (Å²) in [5.41, 5.74) is 1.42. The van der Waals surface area contributed by atoms with Gasteiger partial charge in [-0.05, 0) is 31.0 Å².